The fraction of sp³-hybridized carbons (Fsp3) is 0.481. The lowest BCUT2D eigenvalue weighted by atomic mass is 10.0. The molecule has 3 aliphatic carbocycles. The Morgan fingerprint density at radius 1 is 1.18 bits per heavy atom. The van der Waals surface area contributed by atoms with Gasteiger partial charge in [0, 0.05) is 30.4 Å². The van der Waals surface area contributed by atoms with Crippen LogP contribution in [0.1, 0.15) is 71.7 Å². The number of carbonyl (C=O) groups is 2. The number of nitrogens with zero attached hydrogens (tertiary/aromatic N) is 4. The lowest BCUT2D eigenvalue weighted by Crippen LogP contribution is -2.35. The van der Waals surface area contributed by atoms with Gasteiger partial charge in [0.2, 0.25) is 0 Å². The van der Waals surface area contributed by atoms with E-state index in [-0.39, 0.29) is 51.8 Å². The Kier molecular flexibility index (Phi) is 5.14. The van der Waals surface area contributed by atoms with Crippen LogP contribution in [0, 0.1) is 11.8 Å². The molecule has 38 heavy (non-hydrogen) atoms. The number of amides is 2. The second kappa shape index (κ2) is 8.26. The largest absolute Gasteiger partial charge is 0.381 e. The van der Waals surface area contributed by atoms with Crippen molar-refractivity contribution in [3.63, 3.8) is 0 Å². The minimum absolute atomic E-state index is 0.0471. The van der Waals surface area contributed by atoms with E-state index in [0.29, 0.717) is 40.5 Å². The molecule has 11 heteroatoms. The molecule has 0 radical (unpaired) electrons. The third kappa shape index (κ3) is 4.03. The van der Waals surface area contributed by atoms with Crippen LogP contribution in [0.5, 0.6) is 0 Å². The van der Waals surface area contributed by atoms with E-state index in [1.807, 2.05) is 11.0 Å². The van der Waals surface area contributed by atoms with Gasteiger partial charge in [-0.25, -0.2) is 17.9 Å². The van der Waals surface area contributed by atoms with Crippen LogP contribution in [-0.4, -0.2) is 57.6 Å². The first-order valence-electron chi connectivity index (χ1n) is 13.4. The van der Waals surface area contributed by atoms with Gasteiger partial charge in [0.05, 0.1) is 21.9 Å². The smallest absolute Gasteiger partial charge is 0.259 e. The highest BCUT2D eigenvalue weighted by molar-refractivity contribution is 7.91. The molecule has 0 unspecified atom stereocenters. The van der Waals surface area contributed by atoms with Gasteiger partial charge in [0.1, 0.15) is 5.56 Å². The number of hydrogen-bond donors (Lipinski definition) is 2. The highest BCUT2D eigenvalue weighted by atomic mass is 32.2. The van der Waals surface area contributed by atoms with E-state index in [0.717, 1.165) is 38.5 Å². The first kappa shape index (κ1) is 23.6. The molecule has 1 aliphatic heterocycles. The summed E-state index contributed by atoms with van der Waals surface area (Å²) in [4.78, 5) is 33.1. The van der Waals surface area contributed by atoms with Gasteiger partial charge in [-0.15, -0.1) is 5.10 Å². The van der Waals surface area contributed by atoms with Gasteiger partial charge in [-0.05, 0) is 81.0 Å². The van der Waals surface area contributed by atoms with Gasteiger partial charge in [-0.2, -0.15) is 0 Å². The molecule has 2 aromatic heterocycles. The predicted molar refractivity (Wildman–Crippen MR) is 140 cm³/mol. The number of sulfone groups is 1. The molecule has 0 bridgehead atoms. The van der Waals surface area contributed by atoms with E-state index in [2.05, 4.69) is 17.3 Å². The number of carbonyl (C=O) groups excluding carboxylic acids is 2. The number of nitrogen functional groups attached to an aromatic ring is 1. The van der Waals surface area contributed by atoms with Crippen molar-refractivity contribution in [2.45, 2.75) is 69.0 Å². The van der Waals surface area contributed by atoms with E-state index in [9.17, 15) is 18.0 Å². The molecule has 4 aliphatic rings. The minimum atomic E-state index is -3.68. The van der Waals surface area contributed by atoms with Gasteiger partial charge < -0.3 is 16.0 Å². The second-order valence-corrected chi connectivity index (χ2v) is 13.3. The molecule has 2 amide bonds. The van der Waals surface area contributed by atoms with Crippen molar-refractivity contribution >= 4 is 33.1 Å². The summed E-state index contributed by atoms with van der Waals surface area (Å²) in [5, 5.41) is 7.17. The summed E-state index contributed by atoms with van der Waals surface area (Å²) >= 11 is 0. The molecular formula is C27H30N6O4S. The maximum atomic E-state index is 13.6. The zero-order valence-corrected chi connectivity index (χ0v) is 22.0. The van der Waals surface area contributed by atoms with Crippen molar-refractivity contribution < 1.29 is 18.0 Å². The Morgan fingerprint density at radius 2 is 1.95 bits per heavy atom. The average molecular weight is 535 g/mol. The normalized spacial score (nSPS) is 20.1. The van der Waals surface area contributed by atoms with Gasteiger partial charge in [0.15, 0.2) is 21.3 Å². The summed E-state index contributed by atoms with van der Waals surface area (Å²) in [6.07, 6.45) is 7.51. The number of anilines is 1. The maximum Gasteiger partial charge on any atom is 0.259 e. The third-order valence-corrected chi connectivity index (χ3v) is 10.1. The number of hydrogen-bond acceptors (Lipinski definition) is 7. The van der Waals surface area contributed by atoms with Crippen LogP contribution in [0.4, 0.5) is 5.82 Å². The highest BCUT2D eigenvalue weighted by Gasteiger charge is 2.42. The number of rotatable bonds is 8. The third-order valence-electron chi connectivity index (χ3n) is 8.23. The Bertz CT molecular complexity index is 1620. The number of aromatic nitrogens is 3. The minimum Gasteiger partial charge on any atom is -0.381 e. The molecule has 3 saturated carbocycles. The highest BCUT2D eigenvalue weighted by Crippen LogP contribution is 2.42. The first-order chi connectivity index (χ1) is 18.2. The van der Waals surface area contributed by atoms with Gasteiger partial charge in [0.25, 0.3) is 11.8 Å². The Balaban J connectivity index is 1.34. The monoisotopic (exact) mass is 534 g/mol. The van der Waals surface area contributed by atoms with Crippen molar-refractivity contribution in [2.75, 3.05) is 11.5 Å². The standard InChI is InChI=1S/C27H30N6O4S/c1-14(16-4-5-16)32-12-18-10-17(11-21(22(18)27(32)35)38(36,37)13-15-2-3-15)20-8-9-33-25(30-20)23(24(28)31-33)26(34)29-19-6-7-19/h8-11,14-16,19H,2-7,12-13H2,1H3,(H2,28,31)(H,29,34)/t14-/m0/s1. The predicted octanol–water partition coefficient (Wildman–Crippen LogP) is 2.81. The molecular weight excluding hydrogens is 504 g/mol. The van der Waals surface area contributed by atoms with E-state index in [1.165, 1.54) is 4.52 Å². The fourth-order valence-electron chi connectivity index (χ4n) is 5.49. The summed E-state index contributed by atoms with van der Waals surface area (Å²) in [6, 6.07) is 5.39. The van der Waals surface area contributed by atoms with Crippen molar-refractivity contribution in [3.8, 4) is 11.3 Å². The molecule has 0 saturated heterocycles. The van der Waals surface area contributed by atoms with E-state index in [4.69, 9.17) is 10.7 Å². The molecule has 3 fully saturated rings. The molecule has 10 nitrogen and oxygen atoms in total. The van der Waals surface area contributed by atoms with Gasteiger partial charge in [-0.3, -0.25) is 9.59 Å². The second-order valence-electron chi connectivity index (χ2n) is 11.3. The van der Waals surface area contributed by atoms with Crippen LogP contribution >= 0.6 is 0 Å². The van der Waals surface area contributed by atoms with Crippen LogP contribution in [0.3, 0.4) is 0 Å². The van der Waals surface area contributed by atoms with E-state index < -0.39 is 9.84 Å². The molecule has 3 aromatic rings. The maximum absolute atomic E-state index is 13.6. The van der Waals surface area contributed by atoms with Crippen LogP contribution < -0.4 is 11.1 Å². The molecule has 3 heterocycles. The number of fused-ring (bicyclic) bond motifs is 2. The van der Waals surface area contributed by atoms with Crippen LogP contribution in [0.15, 0.2) is 29.3 Å². The van der Waals surface area contributed by atoms with Crippen molar-refractivity contribution in [3.05, 3.63) is 41.1 Å². The lowest BCUT2D eigenvalue weighted by molar-refractivity contribution is 0.0694. The number of benzene rings is 1. The van der Waals surface area contributed by atoms with Crippen molar-refractivity contribution in [1.82, 2.24) is 24.8 Å². The zero-order chi connectivity index (χ0) is 26.3. The number of nitrogens with two attached hydrogens (primary N) is 1. The van der Waals surface area contributed by atoms with Crippen molar-refractivity contribution in [2.24, 2.45) is 11.8 Å². The quantitative estimate of drug-likeness (QED) is 0.453. The molecule has 1 aromatic carbocycles. The average Bonchev–Trinajstić information content (AvgIpc) is 3.74. The topological polar surface area (TPSA) is 140 Å². The van der Waals surface area contributed by atoms with Gasteiger partial charge in [-0.1, -0.05) is 0 Å². The van der Waals surface area contributed by atoms with E-state index >= 15 is 0 Å². The van der Waals surface area contributed by atoms with Crippen LogP contribution in [0.25, 0.3) is 16.9 Å². The Morgan fingerprint density at radius 3 is 2.63 bits per heavy atom. The molecule has 1 atom stereocenters. The molecule has 198 valence electrons. The van der Waals surface area contributed by atoms with Crippen LogP contribution in [0.2, 0.25) is 0 Å². The SMILES string of the molecule is C[C@@H](C1CC1)N1Cc2cc(-c3ccn4nc(N)c(C(=O)NC5CC5)c4n3)cc(S(=O)(=O)CC3CC3)c2C1=O. The van der Waals surface area contributed by atoms with Gasteiger partial charge >= 0.3 is 0 Å². The zero-order valence-electron chi connectivity index (χ0n) is 21.2. The Hall–Kier alpha value is -3.47. The fourth-order valence-corrected chi connectivity index (χ4v) is 7.46. The summed E-state index contributed by atoms with van der Waals surface area (Å²) in [6.45, 7) is 2.43. The number of nitrogens with one attached hydrogen (secondary N) is 1. The van der Waals surface area contributed by atoms with Crippen LogP contribution in [-0.2, 0) is 16.4 Å². The Labute approximate surface area is 220 Å². The summed E-state index contributed by atoms with van der Waals surface area (Å²) in [5.74, 6) is 0.230. The lowest BCUT2D eigenvalue weighted by Gasteiger charge is -2.24. The van der Waals surface area contributed by atoms with E-state index in [1.54, 1.807) is 18.3 Å². The summed E-state index contributed by atoms with van der Waals surface area (Å²) in [5.41, 5.74) is 8.68. The molecule has 3 N–H and O–H groups in total. The molecule has 0 spiro atoms. The summed E-state index contributed by atoms with van der Waals surface area (Å²) in [7, 11) is -3.68. The molecule has 7 rings (SSSR count). The van der Waals surface area contributed by atoms with Crippen molar-refractivity contribution in [1.29, 1.82) is 0 Å². The first-order valence-corrected chi connectivity index (χ1v) is 15.0. The summed E-state index contributed by atoms with van der Waals surface area (Å²) < 4.78 is 28.6.